The maximum atomic E-state index is 11.7. The molecule has 2 amide bonds. The predicted molar refractivity (Wildman–Crippen MR) is 138 cm³/mol. The first-order valence-electron chi connectivity index (χ1n) is 12.3. The van der Waals surface area contributed by atoms with Crippen LogP contribution in [0.15, 0.2) is 70.9 Å². The van der Waals surface area contributed by atoms with Crippen LogP contribution in [-0.2, 0) is 17.1 Å². The molecule has 0 heterocycles. The molecule has 0 aliphatic heterocycles. The topological polar surface area (TPSA) is 82.9 Å². The number of carbonyl (C=O) groups excluding carboxylic acids is 2. The van der Waals surface area contributed by atoms with E-state index in [1.54, 1.807) is 24.3 Å². The Labute approximate surface area is 219 Å². The quantitative estimate of drug-likeness (QED) is 0.282. The summed E-state index contributed by atoms with van der Waals surface area (Å²) in [6, 6.07) is 18.3. The fourth-order valence-corrected chi connectivity index (χ4v) is 4.46. The largest absolute Gasteiger partial charge is 0.271 e. The fourth-order valence-electron chi connectivity index (χ4n) is 4.46. The third-order valence-electron chi connectivity index (χ3n) is 6.63. The molecule has 0 bridgehead atoms. The van der Waals surface area contributed by atoms with Gasteiger partial charge in [-0.3, -0.25) is 9.59 Å². The molecule has 2 aliphatic rings. The Kier molecular flexibility index (Phi) is 12.4. The minimum atomic E-state index is -0.136. The van der Waals surface area contributed by atoms with E-state index in [4.69, 9.17) is 0 Å². The number of hydrogen-bond donors (Lipinski definition) is 2. The standard InChI is InChI=1S/2C14H18N2O.Fe/c2*1-11(12-7-5-6-8-12)15-16-14(17)13-9-3-2-4-10-13;/h2*2-4,9-10,12H,5-8H2,1H3,(H,16,17);/b2*15-11+;. The van der Waals surface area contributed by atoms with Crippen molar-refractivity contribution in [2.45, 2.75) is 65.2 Å². The van der Waals surface area contributed by atoms with Crippen molar-refractivity contribution in [2.75, 3.05) is 0 Å². The van der Waals surface area contributed by atoms with Gasteiger partial charge in [0, 0.05) is 39.6 Å². The molecule has 2 aromatic carbocycles. The number of hydrogen-bond acceptors (Lipinski definition) is 4. The summed E-state index contributed by atoms with van der Waals surface area (Å²) in [5.41, 5.74) is 8.64. The molecule has 2 aliphatic carbocycles. The first-order chi connectivity index (χ1) is 16.5. The van der Waals surface area contributed by atoms with Crippen molar-refractivity contribution in [3.05, 3.63) is 71.8 Å². The zero-order valence-electron chi connectivity index (χ0n) is 20.6. The second-order valence-electron chi connectivity index (χ2n) is 9.08. The van der Waals surface area contributed by atoms with Gasteiger partial charge in [0.25, 0.3) is 11.8 Å². The van der Waals surface area contributed by atoms with Crippen molar-refractivity contribution in [3.63, 3.8) is 0 Å². The molecule has 2 fully saturated rings. The summed E-state index contributed by atoms with van der Waals surface area (Å²) in [7, 11) is 0. The maximum absolute atomic E-state index is 11.7. The molecule has 6 nitrogen and oxygen atoms in total. The second-order valence-corrected chi connectivity index (χ2v) is 9.08. The molecule has 0 spiro atoms. The summed E-state index contributed by atoms with van der Waals surface area (Å²) in [5.74, 6) is 0.850. The van der Waals surface area contributed by atoms with Gasteiger partial charge in [-0.2, -0.15) is 10.2 Å². The van der Waals surface area contributed by atoms with Gasteiger partial charge in [0.05, 0.1) is 0 Å². The minimum Gasteiger partial charge on any atom is -0.267 e. The van der Waals surface area contributed by atoms with Crippen LogP contribution in [0.5, 0.6) is 0 Å². The number of nitrogens with zero attached hydrogens (tertiary/aromatic N) is 2. The van der Waals surface area contributed by atoms with Gasteiger partial charge in [-0.15, -0.1) is 0 Å². The van der Waals surface area contributed by atoms with Gasteiger partial charge in [-0.1, -0.05) is 62.1 Å². The number of amides is 2. The van der Waals surface area contributed by atoms with E-state index in [2.05, 4.69) is 21.1 Å². The Morgan fingerprint density at radius 2 is 0.943 bits per heavy atom. The van der Waals surface area contributed by atoms with Crippen molar-refractivity contribution in [1.82, 2.24) is 10.9 Å². The summed E-state index contributed by atoms with van der Waals surface area (Å²) in [6.45, 7) is 4.00. The maximum Gasteiger partial charge on any atom is 0.271 e. The molecule has 2 saturated carbocycles. The molecule has 7 heteroatoms. The van der Waals surface area contributed by atoms with E-state index < -0.39 is 0 Å². The summed E-state index contributed by atoms with van der Waals surface area (Å²) in [5, 5.41) is 8.40. The van der Waals surface area contributed by atoms with Gasteiger partial charge in [0.1, 0.15) is 0 Å². The van der Waals surface area contributed by atoms with Gasteiger partial charge in [-0.25, -0.2) is 10.9 Å². The molecule has 0 aromatic heterocycles. The Balaban J connectivity index is 0.000000240. The average Bonchev–Trinajstić information content (AvgIpc) is 3.62. The second kappa shape index (κ2) is 15.3. The third-order valence-corrected chi connectivity index (χ3v) is 6.63. The van der Waals surface area contributed by atoms with Crippen molar-refractivity contribution in [2.24, 2.45) is 22.0 Å². The van der Waals surface area contributed by atoms with E-state index in [9.17, 15) is 9.59 Å². The van der Waals surface area contributed by atoms with E-state index in [0.717, 1.165) is 11.4 Å². The Bertz CT molecular complexity index is 899. The van der Waals surface area contributed by atoms with E-state index in [-0.39, 0.29) is 28.9 Å². The van der Waals surface area contributed by atoms with Crippen LogP contribution in [0, 0.1) is 11.8 Å². The van der Waals surface area contributed by atoms with E-state index in [0.29, 0.717) is 23.0 Å². The van der Waals surface area contributed by atoms with Crippen LogP contribution in [0.1, 0.15) is 85.9 Å². The fraction of sp³-hybridized carbons (Fsp3) is 0.429. The predicted octanol–water partition coefficient (Wildman–Crippen LogP) is 5.96. The van der Waals surface area contributed by atoms with Crippen LogP contribution in [0.4, 0.5) is 0 Å². The molecule has 0 radical (unpaired) electrons. The molecule has 0 unspecified atom stereocenters. The zero-order valence-corrected chi connectivity index (χ0v) is 21.8. The number of nitrogens with one attached hydrogen (secondary N) is 2. The van der Waals surface area contributed by atoms with E-state index >= 15 is 0 Å². The summed E-state index contributed by atoms with van der Waals surface area (Å²) in [6.07, 6.45) is 9.95. The van der Waals surface area contributed by atoms with Crippen LogP contribution in [0.3, 0.4) is 0 Å². The van der Waals surface area contributed by atoms with Gasteiger partial charge >= 0.3 is 0 Å². The van der Waals surface area contributed by atoms with E-state index in [1.807, 2.05) is 50.2 Å². The zero-order chi connectivity index (χ0) is 24.2. The molecule has 2 N–H and O–H groups in total. The molecule has 4 rings (SSSR count). The normalized spacial score (nSPS) is 16.6. The number of rotatable bonds is 6. The van der Waals surface area contributed by atoms with Crippen molar-refractivity contribution < 1.29 is 26.7 Å². The first kappa shape index (κ1) is 28.5. The van der Waals surface area contributed by atoms with Gasteiger partial charge in [-0.05, 0) is 75.6 Å². The summed E-state index contributed by atoms with van der Waals surface area (Å²) >= 11 is 0. The number of hydrazone groups is 2. The van der Waals surface area contributed by atoms with Gasteiger partial charge in [0.2, 0.25) is 0 Å². The Morgan fingerprint density at radius 1 is 0.629 bits per heavy atom. The van der Waals surface area contributed by atoms with Crippen LogP contribution >= 0.6 is 0 Å². The average molecular weight is 516 g/mol. The van der Waals surface area contributed by atoms with Crippen LogP contribution in [0.25, 0.3) is 0 Å². The van der Waals surface area contributed by atoms with E-state index in [1.165, 1.54) is 51.4 Å². The van der Waals surface area contributed by atoms with Crippen molar-refractivity contribution >= 4 is 23.2 Å². The Morgan fingerprint density at radius 3 is 1.26 bits per heavy atom. The monoisotopic (exact) mass is 516 g/mol. The SMILES string of the molecule is C/C(=N\NC(=O)c1ccccc1)C1CCCC1.C/C(=N\NC(=O)c1ccccc1)C1CCCC1.[Fe]. The van der Waals surface area contributed by atoms with Gasteiger partial charge in [0.15, 0.2) is 0 Å². The smallest absolute Gasteiger partial charge is 0.267 e. The van der Waals surface area contributed by atoms with Crippen molar-refractivity contribution in [3.8, 4) is 0 Å². The number of benzene rings is 2. The van der Waals surface area contributed by atoms with Crippen LogP contribution in [-0.4, -0.2) is 23.2 Å². The molecule has 188 valence electrons. The molecule has 0 saturated heterocycles. The van der Waals surface area contributed by atoms with Gasteiger partial charge < -0.3 is 0 Å². The molecule has 2 aromatic rings. The first-order valence-corrected chi connectivity index (χ1v) is 12.3. The molecular weight excluding hydrogens is 480 g/mol. The number of carbonyl (C=O) groups is 2. The third kappa shape index (κ3) is 9.42. The molecule has 0 atom stereocenters. The summed E-state index contributed by atoms with van der Waals surface area (Å²) < 4.78 is 0. The molecular formula is C28H36FeN4O2. The molecule has 35 heavy (non-hydrogen) atoms. The summed E-state index contributed by atoms with van der Waals surface area (Å²) in [4.78, 5) is 23.5. The minimum absolute atomic E-state index is 0. The van der Waals surface area contributed by atoms with Crippen LogP contribution in [0.2, 0.25) is 0 Å². The van der Waals surface area contributed by atoms with Crippen molar-refractivity contribution in [1.29, 1.82) is 0 Å². The Hall–Kier alpha value is -2.76. The van der Waals surface area contributed by atoms with Crippen LogP contribution < -0.4 is 10.9 Å².